The number of nitrogens with one attached hydrogen (secondary N) is 2. The van der Waals surface area contributed by atoms with Crippen molar-refractivity contribution in [1.29, 1.82) is 0 Å². The fourth-order valence-electron chi connectivity index (χ4n) is 6.39. The molecule has 0 unspecified atom stereocenters. The number of aromatic nitrogens is 2. The summed E-state index contributed by atoms with van der Waals surface area (Å²) < 4.78 is 55.7. The number of anilines is 4. The number of hydrogen-bond donors (Lipinski definition) is 2. The van der Waals surface area contributed by atoms with Gasteiger partial charge in [-0.25, -0.2) is 4.98 Å². The molecule has 2 N–H and O–H groups in total. The second-order valence-electron chi connectivity index (χ2n) is 11.6. The minimum atomic E-state index is -4.71. The minimum Gasteiger partial charge on any atom is -0.339 e. The van der Waals surface area contributed by atoms with Crippen molar-refractivity contribution in [3.8, 4) is 0 Å². The standard InChI is InChI=1S/C32H39F3N5O2P/c1-4-17-43(42,18-5-2)23-13-11-22(12-14-23)37-31-36-19-26(32(33,34)35)29(39-31)38-27-16-15-24(21-9-7-6-8-10-21)25-20-40(3)30(41)28(25)27/h11-16,19,21H,4-10,17-18,20H2,1-3H3,(H2,36,37,38,39). The molecule has 5 rings (SSSR count). The molecule has 3 aromatic rings. The molecule has 2 heterocycles. The Morgan fingerprint density at radius 1 is 0.977 bits per heavy atom. The summed E-state index contributed by atoms with van der Waals surface area (Å²) in [5.41, 5.74) is 2.23. The van der Waals surface area contributed by atoms with Gasteiger partial charge in [-0.05, 0) is 73.1 Å². The number of carbonyl (C=O) groups excluding carboxylic acids is 1. The maximum Gasteiger partial charge on any atom is 0.421 e. The van der Waals surface area contributed by atoms with E-state index in [1.807, 2.05) is 19.9 Å². The first-order valence-corrected chi connectivity index (χ1v) is 17.2. The lowest BCUT2D eigenvalue weighted by Gasteiger charge is -2.25. The molecule has 1 fully saturated rings. The first-order valence-electron chi connectivity index (χ1n) is 15.1. The number of alkyl halides is 3. The average Bonchev–Trinajstić information content (AvgIpc) is 3.28. The molecule has 0 bridgehead atoms. The number of halogens is 3. The predicted molar refractivity (Wildman–Crippen MR) is 166 cm³/mol. The first-order chi connectivity index (χ1) is 20.5. The zero-order chi connectivity index (χ0) is 30.8. The molecule has 0 radical (unpaired) electrons. The number of rotatable bonds is 10. The Morgan fingerprint density at radius 3 is 2.28 bits per heavy atom. The highest BCUT2D eigenvalue weighted by molar-refractivity contribution is 7.71. The second kappa shape index (κ2) is 12.7. The summed E-state index contributed by atoms with van der Waals surface area (Å²) in [6.07, 6.45) is 4.50. The third kappa shape index (κ3) is 6.59. The Hall–Kier alpha value is -3.39. The van der Waals surface area contributed by atoms with Gasteiger partial charge in [0.15, 0.2) is 0 Å². The number of hydrogen-bond acceptors (Lipinski definition) is 6. The van der Waals surface area contributed by atoms with Crippen LogP contribution in [0.2, 0.25) is 0 Å². The van der Waals surface area contributed by atoms with Crippen molar-refractivity contribution in [3.05, 3.63) is 64.8 Å². The van der Waals surface area contributed by atoms with E-state index in [1.165, 1.54) is 6.42 Å². The second-order valence-corrected chi connectivity index (χ2v) is 14.8. The smallest absolute Gasteiger partial charge is 0.339 e. The largest absolute Gasteiger partial charge is 0.421 e. The average molecular weight is 614 g/mol. The summed E-state index contributed by atoms with van der Waals surface area (Å²) in [6, 6.07) is 10.8. The van der Waals surface area contributed by atoms with Gasteiger partial charge in [-0.2, -0.15) is 18.2 Å². The van der Waals surface area contributed by atoms with Crippen molar-refractivity contribution in [1.82, 2.24) is 14.9 Å². The van der Waals surface area contributed by atoms with Crippen LogP contribution in [0.1, 0.15) is 91.8 Å². The highest BCUT2D eigenvalue weighted by atomic mass is 31.2. The first kappa shape index (κ1) is 31.0. The third-order valence-corrected chi connectivity index (χ3v) is 12.0. The van der Waals surface area contributed by atoms with Crippen molar-refractivity contribution in [2.45, 2.75) is 77.4 Å². The maximum atomic E-state index is 14.1. The van der Waals surface area contributed by atoms with E-state index >= 15 is 0 Å². The van der Waals surface area contributed by atoms with Crippen LogP contribution in [0.3, 0.4) is 0 Å². The van der Waals surface area contributed by atoms with Crippen LogP contribution in [0.15, 0.2) is 42.6 Å². The predicted octanol–water partition coefficient (Wildman–Crippen LogP) is 8.42. The normalized spacial score (nSPS) is 16.0. The van der Waals surface area contributed by atoms with Gasteiger partial charge in [0, 0.05) is 43.1 Å². The van der Waals surface area contributed by atoms with Gasteiger partial charge < -0.3 is 20.1 Å². The van der Waals surface area contributed by atoms with Gasteiger partial charge in [0.25, 0.3) is 5.91 Å². The zero-order valence-corrected chi connectivity index (χ0v) is 25.8. The van der Waals surface area contributed by atoms with Gasteiger partial charge in [-0.1, -0.05) is 39.2 Å². The summed E-state index contributed by atoms with van der Waals surface area (Å²) in [6.45, 7) is 4.45. The Balaban J connectivity index is 1.46. The Kier molecular flexibility index (Phi) is 9.16. The molecule has 2 aromatic carbocycles. The van der Waals surface area contributed by atoms with Crippen molar-refractivity contribution >= 4 is 41.5 Å². The SMILES string of the molecule is CCCP(=O)(CCC)c1ccc(Nc2ncc(C(F)(F)F)c(Nc3ccc(C4CCCCC4)c4c3C(=O)N(C)C4)n2)cc1. The Morgan fingerprint density at radius 2 is 1.65 bits per heavy atom. The molecule has 1 aliphatic heterocycles. The van der Waals surface area contributed by atoms with E-state index in [-0.39, 0.29) is 11.9 Å². The molecular weight excluding hydrogens is 574 g/mol. The fraction of sp³-hybridized carbons (Fsp3) is 0.469. The molecule has 0 spiro atoms. The molecule has 1 aliphatic carbocycles. The van der Waals surface area contributed by atoms with Crippen LogP contribution in [0.25, 0.3) is 0 Å². The van der Waals surface area contributed by atoms with Gasteiger partial charge in [0.2, 0.25) is 5.95 Å². The maximum absolute atomic E-state index is 14.1. The van der Waals surface area contributed by atoms with E-state index in [0.717, 1.165) is 61.2 Å². The molecule has 0 saturated heterocycles. The monoisotopic (exact) mass is 613 g/mol. The highest BCUT2D eigenvalue weighted by Gasteiger charge is 2.37. The number of carbonyl (C=O) groups is 1. The zero-order valence-electron chi connectivity index (χ0n) is 24.9. The van der Waals surface area contributed by atoms with Crippen molar-refractivity contribution in [3.63, 3.8) is 0 Å². The number of fused-ring (bicyclic) bond motifs is 1. The summed E-state index contributed by atoms with van der Waals surface area (Å²) in [5.74, 6) is -0.347. The van der Waals surface area contributed by atoms with Crippen molar-refractivity contribution in [2.75, 3.05) is 30.0 Å². The van der Waals surface area contributed by atoms with Gasteiger partial charge in [0.1, 0.15) is 18.5 Å². The highest BCUT2D eigenvalue weighted by Crippen LogP contribution is 2.46. The lowest BCUT2D eigenvalue weighted by atomic mass is 9.81. The van der Waals surface area contributed by atoms with E-state index in [0.29, 0.717) is 41.7 Å². The summed E-state index contributed by atoms with van der Waals surface area (Å²) >= 11 is 0. The van der Waals surface area contributed by atoms with Crippen LogP contribution >= 0.6 is 7.14 Å². The van der Waals surface area contributed by atoms with Crippen LogP contribution in [0.5, 0.6) is 0 Å². The lowest BCUT2D eigenvalue weighted by molar-refractivity contribution is -0.137. The molecule has 43 heavy (non-hydrogen) atoms. The molecule has 0 atom stereocenters. The molecule has 1 amide bonds. The molecule has 1 aromatic heterocycles. The summed E-state index contributed by atoms with van der Waals surface area (Å²) in [4.78, 5) is 23.0. The van der Waals surface area contributed by atoms with E-state index in [9.17, 15) is 22.5 Å². The van der Waals surface area contributed by atoms with Crippen molar-refractivity contribution < 1.29 is 22.5 Å². The molecule has 2 aliphatic rings. The van der Waals surface area contributed by atoms with Crippen LogP contribution in [0, 0.1) is 0 Å². The van der Waals surface area contributed by atoms with E-state index in [2.05, 4.69) is 20.6 Å². The Bertz CT molecular complexity index is 1510. The van der Waals surface area contributed by atoms with Crippen LogP contribution in [0.4, 0.5) is 36.3 Å². The van der Waals surface area contributed by atoms with Crippen LogP contribution in [-0.4, -0.2) is 40.1 Å². The summed E-state index contributed by atoms with van der Waals surface area (Å²) in [5, 5.41) is 6.62. The van der Waals surface area contributed by atoms with E-state index in [4.69, 9.17) is 0 Å². The van der Waals surface area contributed by atoms with E-state index in [1.54, 1.807) is 42.3 Å². The molecule has 7 nitrogen and oxygen atoms in total. The van der Waals surface area contributed by atoms with Crippen LogP contribution in [-0.2, 0) is 17.3 Å². The minimum absolute atomic E-state index is 0.0348. The number of nitrogens with zero attached hydrogens (tertiary/aromatic N) is 3. The fourth-order valence-corrected chi connectivity index (χ4v) is 9.27. The third-order valence-electron chi connectivity index (χ3n) is 8.46. The molecule has 1 saturated carbocycles. The van der Waals surface area contributed by atoms with Gasteiger partial charge >= 0.3 is 6.18 Å². The molecule has 230 valence electrons. The van der Waals surface area contributed by atoms with Gasteiger partial charge in [-0.3, -0.25) is 4.79 Å². The quantitative estimate of drug-likeness (QED) is 0.223. The van der Waals surface area contributed by atoms with Gasteiger partial charge in [0.05, 0.1) is 11.3 Å². The molecule has 11 heteroatoms. The topological polar surface area (TPSA) is 87.2 Å². The van der Waals surface area contributed by atoms with Gasteiger partial charge in [-0.15, -0.1) is 0 Å². The lowest BCUT2D eigenvalue weighted by Crippen LogP contribution is -2.18. The van der Waals surface area contributed by atoms with Crippen molar-refractivity contribution in [2.24, 2.45) is 0 Å². The van der Waals surface area contributed by atoms with E-state index < -0.39 is 24.7 Å². The molecular formula is C32H39F3N5O2P. The number of amides is 1. The van der Waals surface area contributed by atoms with Crippen LogP contribution < -0.4 is 15.9 Å². The number of benzene rings is 2. The summed E-state index contributed by atoms with van der Waals surface area (Å²) in [7, 11) is -0.793. The Labute approximate surface area is 251 Å².